The lowest BCUT2D eigenvalue weighted by atomic mass is 10.2. The van der Waals surface area contributed by atoms with E-state index in [9.17, 15) is 4.79 Å². The standard InChI is InChI=1S/C25H27NO3/c1-3-24(29-23-13-9-19(2)10-14-23)25(27)26-21-11-15-22(16-12-21)28-18-17-20-7-5-4-6-8-20/h4-16,24H,3,17-18H2,1-2H3,(H,26,27). The van der Waals surface area contributed by atoms with Crippen LogP contribution in [0.2, 0.25) is 0 Å². The van der Waals surface area contributed by atoms with Crippen molar-refractivity contribution >= 4 is 11.6 Å². The lowest BCUT2D eigenvalue weighted by Crippen LogP contribution is -2.32. The molecule has 1 amide bonds. The highest BCUT2D eigenvalue weighted by Gasteiger charge is 2.18. The number of benzene rings is 3. The van der Waals surface area contributed by atoms with Gasteiger partial charge < -0.3 is 14.8 Å². The second kappa shape index (κ2) is 10.3. The second-order valence-electron chi connectivity index (χ2n) is 6.93. The summed E-state index contributed by atoms with van der Waals surface area (Å²) in [5, 5.41) is 2.91. The monoisotopic (exact) mass is 389 g/mol. The molecule has 150 valence electrons. The van der Waals surface area contributed by atoms with Crippen LogP contribution in [0.25, 0.3) is 0 Å². The molecule has 1 atom stereocenters. The molecule has 0 heterocycles. The minimum atomic E-state index is -0.542. The Morgan fingerprint density at radius 3 is 2.21 bits per heavy atom. The molecule has 0 aromatic heterocycles. The zero-order valence-corrected chi connectivity index (χ0v) is 16.9. The van der Waals surface area contributed by atoms with Gasteiger partial charge in [-0.05, 0) is 55.3 Å². The van der Waals surface area contributed by atoms with Gasteiger partial charge in [0, 0.05) is 12.1 Å². The van der Waals surface area contributed by atoms with Crippen molar-refractivity contribution in [2.24, 2.45) is 0 Å². The van der Waals surface area contributed by atoms with Crippen molar-refractivity contribution in [3.63, 3.8) is 0 Å². The molecule has 0 saturated heterocycles. The third kappa shape index (κ3) is 6.39. The van der Waals surface area contributed by atoms with E-state index in [0.29, 0.717) is 18.8 Å². The number of nitrogens with one attached hydrogen (secondary N) is 1. The Morgan fingerprint density at radius 1 is 0.897 bits per heavy atom. The first-order chi connectivity index (χ1) is 14.1. The maximum absolute atomic E-state index is 12.6. The van der Waals surface area contributed by atoms with E-state index in [1.165, 1.54) is 5.56 Å². The Bertz CT molecular complexity index is 890. The molecule has 0 aliphatic rings. The van der Waals surface area contributed by atoms with Gasteiger partial charge >= 0.3 is 0 Å². The van der Waals surface area contributed by atoms with Gasteiger partial charge in [0.05, 0.1) is 6.61 Å². The number of amides is 1. The predicted molar refractivity (Wildman–Crippen MR) is 117 cm³/mol. The van der Waals surface area contributed by atoms with Crippen LogP contribution in [-0.2, 0) is 11.2 Å². The van der Waals surface area contributed by atoms with Gasteiger partial charge in [-0.2, -0.15) is 0 Å². The summed E-state index contributed by atoms with van der Waals surface area (Å²) in [6.45, 7) is 4.56. The number of rotatable bonds is 9. The maximum atomic E-state index is 12.6. The first-order valence-electron chi connectivity index (χ1n) is 9.95. The highest BCUT2D eigenvalue weighted by atomic mass is 16.5. The van der Waals surface area contributed by atoms with Crippen molar-refractivity contribution in [2.75, 3.05) is 11.9 Å². The molecule has 1 unspecified atom stereocenters. The van der Waals surface area contributed by atoms with Gasteiger partial charge in [0.25, 0.3) is 5.91 Å². The summed E-state index contributed by atoms with van der Waals surface area (Å²) in [5.41, 5.74) is 3.12. The maximum Gasteiger partial charge on any atom is 0.265 e. The Balaban J connectivity index is 1.49. The highest BCUT2D eigenvalue weighted by molar-refractivity contribution is 5.94. The molecule has 4 heteroatoms. The summed E-state index contributed by atoms with van der Waals surface area (Å²) in [4.78, 5) is 12.6. The summed E-state index contributed by atoms with van der Waals surface area (Å²) in [5.74, 6) is 1.31. The van der Waals surface area contributed by atoms with E-state index < -0.39 is 6.10 Å². The molecule has 0 radical (unpaired) electrons. The third-order valence-corrected chi connectivity index (χ3v) is 4.59. The average molecular weight is 389 g/mol. The molecule has 0 aliphatic heterocycles. The summed E-state index contributed by atoms with van der Waals surface area (Å²) in [6.07, 6.45) is 0.897. The van der Waals surface area contributed by atoms with Crippen LogP contribution >= 0.6 is 0 Å². The van der Waals surface area contributed by atoms with E-state index in [1.807, 2.05) is 80.6 Å². The molecular weight excluding hydrogens is 362 g/mol. The van der Waals surface area contributed by atoms with Crippen LogP contribution in [0.15, 0.2) is 78.9 Å². The molecule has 0 saturated carbocycles. The Hall–Kier alpha value is -3.27. The summed E-state index contributed by atoms with van der Waals surface area (Å²) < 4.78 is 11.6. The van der Waals surface area contributed by atoms with Gasteiger partial charge in [0.15, 0.2) is 6.10 Å². The van der Waals surface area contributed by atoms with E-state index in [4.69, 9.17) is 9.47 Å². The largest absolute Gasteiger partial charge is 0.493 e. The van der Waals surface area contributed by atoms with E-state index in [1.54, 1.807) is 0 Å². The van der Waals surface area contributed by atoms with Gasteiger partial charge in [-0.3, -0.25) is 4.79 Å². The van der Waals surface area contributed by atoms with Gasteiger partial charge in [-0.1, -0.05) is 55.0 Å². The van der Waals surface area contributed by atoms with Crippen molar-refractivity contribution < 1.29 is 14.3 Å². The third-order valence-electron chi connectivity index (χ3n) is 4.59. The first kappa shape index (κ1) is 20.5. The van der Waals surface area contributed by atoms with Crippen LogP contribution in [0.1, 0.15) is 24.5 Å². The Labute approximate surface area is 172 Å². The van der Waals surface area contributed by atoms with Crippen LogP contribution in [0, 0.1) is 6.92 Å². The number of hydrogen-bond donors (Lipinski definition) is 1. The van der Waals surface area contributed by atoms with E-state index in [0.717, 1.165) is 23.4 Å². The molecule has 3 aromatic carbocycles. The quantitative estimate of drug-likeness (QED) is 0.532. The average Bonchev–Trinajstić information content (AvgIpc) is 2.75. The topological polar surface area (TPSA) is 47.6 Å². The van der Waals surface area contributed by atoms with Gasteiger partial charge in [-0.25, -0.2) is 0 Å². The SMILES string of the molecule is CCC(Oc1ccc(C)cc1)C(=O)Nc1ccc(OCCc2ccccc2)cc1. The van der Waals surface area contributed by atoms with Gasteiger partial charge in [0.2, 0.25) is 0 Å². The smallest absolute Gasteiger partial charge is 0.265 e. The van der Waals surface area contributed by atoms with E-state index in [-0.39, 0.29) is 5.91 Å². The molecule has 3 rings (SSSR count). The number of hydrogen-bond acceptors (Lipinski definition) is 3. The Morgan fingerprint density at radius 2 is 1.55 bits per heavy atom. The predicted octanol–water partition coefficient (Wildman–Crippen LogP) is 5.41. The fraction of sp³-hybridized carbons (Fsp3) is 0.240. The molecule has 1 N–H and O–H groups in total. The molecule has 0 fully saturated rings. The number of anilines is 1. The summed E-state index contributed by atoms with van der Waals surface area (Å²) in [7, 11) is 0. The zero-order valence-electron chi connectivity index (χ0n) is 16.9. The van der Waals surface area contributed by atoms with Crippen LogP contribution in [0.3, 0.4) is 0 Å². The van der Waals surface area contributed by atoms with Crippen molar-refractivity contribution in [1.29, 1.82) is 0 Å². The summed E-state index contributed by atoms with van der Waals surface area (Å²) >= 11 is 0. The number of carbonyl (C=O) groups excluding carboxylic acids is 1. The van der Waals surface area contributed by atoms with Gasteiger partial charge in [-0.15, -0.1) is 0 Å². The molecule has 0 spiro atoms. The fourth-order valence-electron chi connectivity index (χ4n) is 2.89. The Kier molecular flexibility index (Phi) is 7.28. The van der Waals surface area contributed by atoms with Crippen molar-refractivity contribution in [2.45, 2.75) is 32.8 Å². The minimum absolute atomic E-state index is 0.161. The zero-order chi connectivity index (χ0) is 20.5. The molecule has 0 bridgehead atoms. The number of ether oxygens (including phenoxy) is 2. The summed E-state index contributed by atoms with van der Waals surface area (Å²) in [6, 6.07) is 25.3. The van der Waals surface area contributed by atoms with Crippen LogP contribution in [0.4, 0.5) is 5.69 Å². The van der Waals surface area contributed by atoms with Gasteiger partial charge in [0.1, 0.15) is 11.5 Å². The highest BCUT2D eigenvalue weighted by Crippen LogP contribution is 2.18. The first-order valence-corrected chi connectivity index (χ1v) is 9.95. The van der Waals surface area contributed by atoms with Crippen molar-refractivity contribution in [3.05, 3.63) is 90.0 Å². The molecule has 3 aromatic rings. The minimum Gasteiger partial charge on any atom is -0.493 e. The number of aryl methyl sites for hydroxylation is 1. The number of carbonyl (C=O) groups is 1. The molecule has 4 nitrogen and oxygen atoms in total. The normalized spacial score (nSPS) is 11.5. The van der Waals surface area contributed by atoms with E-state index >= 15 is 0 Å². The van der Waals surface area contributed by atoms with Crippen LogP contribution in [-0.4, -0.2) is 18.6 Å². The molecule has 0 aliphatic carbocycles. The molecule has 29 heavy (non-hydrogen) atoms. The molecular formula is C25H27NO3. The van der Waals surface area contributed by atoms with Crippen molar-refractivity contribution in [1.82, 2.24) is 0 Å². The fourth-order valence-corrected chi connectivity index (χ4v) is 2.89. The lowest BCUT2D eigenvalue weighted by Gasteiger charge is -2.17. The van der Waals surface area contributed by atoms with Crippen LogP contribution in [0.5, 0.6) is 11.5 Å². The second-order valence-corrected chi connectivity index (χ2v) is 6.93. The van der Waals surface area contributed by atoms with Crippen molar-refractivity contribution in [3.8, 4) is 11.5 Å². The lowest BCUT2D eigenvalue weighted by molar-refractivity contribution is -0.122. The van der Waals surface area contributed by atoms with Crippen LogP contribution < -0.4 is 14.8 Å². The van der Waals surface area contributed by atoms with E-state index in [2.05, 4.69) is 17.4 Å².